The molecule has 0 unspecified atom stereocenters. The molecule has 0 aromatic carbocycles. The van der Waals surface area contributed by atoms with Crippen LogP contribution in [0.1, 0.15) is 234 Å². The molecule has 0 saturated carbocycles. The van der Waals surface area contributed by atoms with Crippen LogP contribution in [0.5, 0.6) is 0 Å². The van der Waals surface area contributed by atoms with Gasteiger partial charge in [-0.15, -0.1) is 0 Å². The molecule has 0 aromatic rings. The third-order valence-electron chi connectivity index (χ3n) is 11.5. The molecule has 2 atom stereocenters. The van der Waals surface area contributed by atoms with Crippen molar-refractivity contribution in [3.05, 3.63) is 12.2 Å². The van der Waals surface area contributed by atoms with Crippen molar-refractivity contribution in [2.75, 3.05) is 6.61 Å². The zero-order valence-corrected chi connectivity index (χ0v) is 38.4. The monoisotopic (exact) mass is 794 g/mol. The summed E-state index contributed by atoms with van der Waals surface area (Å²) >= 11 is 0. The molecule has 0 aliphatic rings. The molecule has 0 bridgehead atoms. The Morgan fingerprint density at radius 1 is 0.600 bits per heavy atom. The van der Waals surface area contributed by atoms with Crippen LogP contribution >= 0.6 is 0 Å². The molecule has 2 N–H and O–H groups in total. The molecule has 7 nitrogen and oxygen atoms in total. The Labute approximate surface area is 341 Å². The van der Waals surface area contributed by atoms with Crippen molar-refractivity contribution in [2.24, 2.45) is 0 Å². The predicted octanol–water partition coefficient (Wildman–Crippen LogP) is 14.2. The number of amides is 1. The van der Waals surface area contributed by atoms with Gasteiger partial charge >= 0.3 is 11.9 Å². The number of carboxylic acids is 1. The van der Waals surface area contributed by atoms with E-state index in [0.717, 1.165) is 32.1 Å². The first kappa shape index (κ1) is 53.3. The fraction of sp³-hybridized carbons (Fsp3) is 0.894. The molecule has 324 valence electrons. The van der Waals surface area contributed by atoms with Crippen LogP contribution in [-0.2, 0) is 23.5 Å². The second-order valence-electron chi connectivity index (χ2n) is 17.9. The van der Waals surface area contributed by atoms with Gasteiger partial charge in [0, 0.05) is 19.3 Å². The van der Waals surface area contributed by atoms with Gasteiger partial charge in [-0.1, -0.05) is 195 Å². The van der Waals surface area contributed by atoms with E-state index < -0.39 is 32.4 Å². The Hall–Kier alpha value is -1.67. The molecule has 0 spiro atoms. The third kappa shape index (κ3) is 33.0. The minimum absolute atomic E-state index is 0.0106. The van der Waals surface area contributed by atoms with E-state index in [9.17, 15) is 14.4 Å². The summed E-state index contributed by atoms with van der Waals surface area (Å²) < 4.78 is 12.6. The molecule has 0 saturated heterocycles. The number of allylic oxidation sites excluding steroid dienone is 1. The van der Waals surface area contributed by atoms with Gasteiger partial charge in [-0.2, -0.15) is 0 Å². The molecule has 0 rings (SSSR count). The number of carboxylic acid groups (broad SMARTS) is 1. The molecular formula is C47H91NO6Si. The van der Waals surface area contributed by atoms with Gasteiger partial charge < -0.3 is 19.6 Å². The first-order chi connectivity index (χ1) is 26.3. The predicted molar refractivity (Wildman–Crippen MR) is 236 cm³/mol. The van der Waals surface area contributed by atoms with Gasteiger partial charge in [0.2, 0.25) is 5.91 Å². The van der Waals surface area contributed by atoms with Crippen LogP contribution in [0.15, 0.2) is 12.2 Å². The molecule has 1 amide bonds. The van der Waals surface area contributed by atoms with Crippen LogP contribution in [0.2, 0.25) is 18.1 Å². The average Bonchev–Trinajstić information content (AvgIpc) is 3.12. The number of carbonyl (C=O) groups is 3. The van der Waals surface area contributed by atoms with Crippen LogP contribution in [0.4, 0.5) is 0 Å². The maximum Gasteiger partial charge on any atom is 0.306 e. The molecule has 0 fully saturated rings. The van der Waals surface area contributed by atoms with Crippen LogP contribution in [0.3, 0.4) is 0 Å². The summed E-state index contributed by atoms with van der Waals surface area (Å²) in [5.41, 5.74) is 0. The summed E-state index contributed by atoms with van der Waals surface area (Å²) in [5.74, 6) is -1.41. The number of ether oxygens (including phenoxy) is 1. The Morgan fingerprint density at radius 3 is 1.44 bits per heavy atom. The number of esters is 1. The molecule has 0 radical (unpaired) electrons. The summed E-state index contributed by atoms with van der Waals surface area (Å²) in [6.45, 7) is 15.7. The number of hydrogen-bond donors (Lipinski definition) is 2. The molecule has 0 aromatic heterocycles. The quantitative estimate of drug-likeness (QED) is 0.0278. The van der Waals surface area contributed by atoms with Crippen molar-refractivity contribution in [2.45, 2.75) is 264 Å². The van der Waals surface area contributed by atoms with Gasteiger partial charge in [0.25, 0.3) is 0 Å². The second-order valence-corrected chi connectivity index (χ2v) is 22.7. The van der Waals surface area contributed by atoms with Crippen LogP contribution in [0, 0.1) is 0 Å². The summed E-state index contributed by atoms with van der Waals surface area (Å²) in [5, 5.41) is 12.3. The lowest BCUT2D eigenvalue weighted by atomic mass is 10.0. The fourth-order valence-corrected chi connectivity index (χ4v) is 7.71. The Morgan fingerprint density at radius 2 is 1.02 bits per heavy atom. The molecule has 55 heavy (non-hydrogen) atoms. The lowest BCUT2D eigenvalue weighted by molar-refractivity contribution is -0.149. The second kappa shape index (κ2) is 35.5. The highest BCUT2D eigenvalue weighted by Crippen LogP contribution is 2.36. The topological polar surface area (TPSA) is 102 Å². The van der Waals surface area contributed by atoms with E-state index in [1.165, 1.54) is 141 Å². The number of rotatable bonds is 39. The van der Waals surface area contributed by atoms with Crippen molar-refractivity contribution < 1.29 is 28.7 Å². The molecule has 0 aliphatic heterocycles. The van der Waals surface area contributed by atoms with E-state index in [0.29, 0.717) is 6.42 Å². The smallest absolute Gasteiger partial charge is 0.306 e. The number of aliphatic carboxylic acids is 1. The first-order valence-corrected chi connectivity index (χ1v) is 26.3. The average molecular weight is 794 g/mol. The highest BCUT2D eigenvalue weighted by Gasteiger charge is 2.38. The van der Waals surface area contributed by atoms with Crippen molar-refractivity contribution in [3.8, 4) is 0 Å². The van der Waals surface area contributed by atoms with Gasteiger partial charge in [0.15, 0.2) is 8.32 Å². The van der Waals surface area contributed by atoms with Gasteiger partial charge in [-0.05, 0) is 49.9 Å². The number of unbranched alkanes of at least 4 members (excludes halogenated alkanes) is 25. The van der Waals surface area contributed by atoms with Crippen LogP contribution in [0.25, 0.3) is 0 Å². The standard InChI is InChI=1S/C47H91NO6Si/c1-8-10-12-14-16-18-20-22-23-25-27-29-31-33-35-38-44(49)48-42(41-53-55(6,7)47(3,4)5)43(54-46(52)40-36-39-45(50)51)37-34-32-30-28-26-24-21-19-17-15-13-11-9-2/h34,37,42-43H,8-33,35-36,38-41H2,1-7H3,(H,48,49)(H,50,51)/b37-34+/t42-,43+/m0/s1. The summed E-state index contributed by atoms with van der Waals surface area (Å²) in [4.78, 5) is 37.4. The summed E-state index contributed by atoms with van der Waals surface area (Å²) in [6, 6.07) is -0.519. The first-order valence-electron chi connectivity index (χ1n) is 23.3. The van der Waals surface area contributed by atoms with E-state index >= 15 is 0 Å². The van der Waals surface area contributed by atoms with Crippen molar-refractivity contribution >= 4 is 26.2 Å². The lowest BCUT2D eigenvalue weighted by Crippen LogP contribution is -2.51. The van der Waals surface area contributed by atoms with E-state index in [1.807, 2.05) is 6.08 Å². The largest absolute Gasteiger partial charge is 0.481 e. The Balaban J connectivity index is 5.08. The maximum absolute atomic E-state index is 13.3. The van der Waals surface area contributed by atoms with Gasteiger partial charge in [-0.3, -0.25) is 14.4 Å². The summed E-state index contributed by atoms with van der Waals surface area (Å²) in [6.07, 6.45) is 38.2. The zero-order valence-electron chi connectivity index (χ0n) is 37.4. The highest BCUT2D eigenvalue weighted by molar-refractivity contribution is 6.74. The molecular weight excluding hydrogens is 703 g/mol. The maximum atomic E-state index is 13.3. The van der Waals surface area contributed by atoms with Crippen LogP contribution < -0.4 is 5.32 Å². The van der Waals surface area contributed by atoms with E-state index in [-0.39, 0.29) is 36.8 Å². The van der Waals surface area contributed by atoms with E-state index in [1.54, 1.807) is 0 Å². The van der Waals surface area contributed by atoms with E-state index in [4.69, 9.17) is 14.3 Å². The zero-order chi connectivity index (χ0) is 41.0. The lowest BCUT2D eigenvalue weighted by Gasteiger charge is -2.38. The number of hydrogen-bond acceptors (Lipinski definition) is 5. The van der Waals surface area contributed by atoms with Crippen LogP contribution in [-0.4, -0.2) is 50.0 Å². The highest BCUT2D eigenvalue weighted by atomic mass is 28.4. The number of nitrogens with one attached hydrogen (secondary N) is 1. The van der Waals surface area contributed by atoms with Crippen molar-refractivity contribution in [3.63, 3.8) is 0 Å². The van der Waals surface area contributed by atoms with Crippen molar-refractivity contribution in [1.82, 2.24) is 5.32 Å². The Kier molecular flexibility index (Phi) is 34.4. The fourth-order valence-electron chi connectivity index (χ4n) is 6.68. The minimum atomic E-state index is -2.15. The number of carbonyl (C=O) groups excluding carboxylic acids is 2. The normalized spacial score (nSPS) is 13.3. The van der Waals surface area contributed by atoms with Gasteiger partial charge in [-0.25, -0.2) is 0 Å². The van der Waals surface area contributed by atoms with Crippen molar-refractivity contribution in [1.29, 1.82) is 0 Å². The third-order valence-corrected chi connectivity index (χ3v) is 16.0. The van der Waals surface area contributed by atoms with Gasteiger partial charge in [0.05, 0.1) is 12.6 Å². The molecule has 0 aliphatic carbocycles. The minimum Gasteiger partial charge on any atom is -0.481 e. The van der Waals surface area contributed by atoms with E-state index in [2.05, 4.69) is 59.1 Å². The van der Waals surface area contributed by atoms with Gasteiger partial charge in [0.1, 0.15) is 6.10 Å². The summed E-state index contributed by atoms with van der Waals surface area (Å²) in [7, 11) is -2.15. The molecule has 8 heteroatoms. The Bertz CT molecular complexity index is 962. The molecule has 0 heterocycles. The SMILES string of the molecule is CCCCCCCCCCCCC/C=C/[C@@H](OC(=O)CCCC(=O)O)[C@H](CO[Si](C)(C)C(C)(C)C)NC(=O)CCCCCCCCCCCCCCCCC.